The fourth-order valence-electron chi connectivity index (χ4n) is 0. The summed E-state index contributed by atoms with van der Waals surface area (Å²) in [6.07, 6.45) is 0. The van der Waals surface area contributed by atoms with Gasteiger partial charge in [0.05, 0.1) is 0 Å². The van der Waals surface area contributed by atoms with Crippen molar-refractivity contribution in [3.8, 4) is 0 Å². The maximum atomic E-state index is 8.88. The quantitative estimate of drug-likeness (QED) is 0.331. The van der Waals surface area contributed by atoms with Crippen molar-refractivity contribution in [2.24, 2.45) is 0 Å². The van der Waals surface area contributed by atoms with E-state index in [1.165, 1.54) is 0 Å². The van der Waals surface area contributed by atoms with Gasteiger partial charge >= 0.3 is 63.6 Å². The molecule has 0 amide bonds. The van der Waals surface area contributed by atoms with Crippen LogP contribution < -0.4 is 0 Å². The van der Waals surface area contributed by atoms with Crippen molar-refractivity contribution in [2.45, 2.75) is 0 Å². The molecule has 0 aliphatic rings. The Balaban J connectivity index is -0.0000000800. The van der Waals surface area contributed by atoms with Crippen molar-refractivity contribution in [3.05, 3.63) is 0 Å². The third-order valence-electron chi connectivity index (χ3n) is 0. The van der Waals surface area contributed by atoms with E-state index in [2.05, 4.69) is 0 Å². The van der Waals surface area contributed by atoms with Crippen LogP contribution in [-0.2, 0) is 4.57 Å². The molecular formula is H7BiNaO4P. The fourth-order valence-corrected chi connectivity index (χ4v) is 0. The van der Waals surface area contributed by atoms with Crippen LogP contribution in [0.4, 0.5) is 0 Å². The summed E-state index contributed by atoms with van der Waals surface area (Å²) >= 11 is 0. The fraction of sp³-hybridized carbons (Fsp3) is 0. The van der Waals surface area contributed by atoms with Gasteiger partial charge < -0.3 is 14.7 Å². The topological polar surface area (TPSA) is 77.8 Å². The summed E-state index contributed by atoms with van der Waals surface area (Å²) in [4.78, 5) is 21.6. The van der Waals surface area contributed by atoms with Gasteiger partial charge in [0.1, 0.15) is 0 Å². The summed E-state index contributed by atoms with van der Waals surface area (Å²) in [5.74, 6) is 0. The summed E-state index contributed by atoms with van der Waals surface area (Å²) in [6.45, 7) is 0. The molecule has 0 fully saturated rings. The van der Waals surface area contributed by atoms with Gasteiger partial charge in [-0.1, -0.05) is 0 Å². The molecular weight excluding hydrogens is 327 g/mol. The number of phosphoric acid groups is 1. The van der Waals surface area contributed by atoms with E-state index in [-0.39, 0.29) is 55.8 Å². The summed E-state index contributed by atoms with van der Waals surface area (Å²) in [5, 5.41) is 0. The average molecular weight is 334 g/mol. The van der Waals surface area contributed by atoms with Crippen molar-refractivity contribution in [2.75, 3.05) is 0 Å². The van der Waals surface area contributed by atoms with Gasteiger partial charge in [0.15, 0.2) is 0 Å². The third kappa shape index (κ3) is 72.3. The number of hydrogen-bond donors (Lipinski definition) is 3. The van der Waals surface area contributed by atoms with E-state index in [1.54, 1.807) is 0 Å². The Hall–Kier alpha value is 1.99. The van der Waals surface area contributed by atoms with Crippen molar-refractivity contribution in [1.82, 2.24) is 0 Å². The Kier molecular flexibility index (Phi) is 14.0. The predicted molar refractivity (Wildman–Crippen MR) is 31.4 cm³/mol. The van der Waals surface area contributed by atoms with Gasteiger partial charge in [-0.25, -0.2) is 4.57 Å². The van der Waals surface area contributed by atoms with E-state index in [4.69, 9.17) is 19.2 Å². The van der Waals surface area contributed by atoms with Gasteiger partial charge in [0.25, 0.3) is 0 Å². The van der Waals surface area contributed by atoms with Crippen LogP contribution in [-0.4, -0.2) is 70.4 Å². The molecule has 0 aliphatic heterocycles. The number of hydrogen-bond acceptors (Lipinski definition) is 1. The summed E-state index contributed by atoms with van der Waals surface area (Å²) in [7, 11) is -4.64. The van der Waals surface area contributed by atoms with Crippen LogP contribution >= 0.6 is 7.82 Å². The molecule has 7 heteroatoms. The Bertz CT molecular complexity index is 57.8. The van der Waals surface area contributed by atoms with Gasteiger partial charge in [0.2, 0.25) is 0 Å². The van der Waals surface area contributed by atoms with Crippen LogP contribution in [0.3, 0.4) is 0 Å². The third-order valence-corrected chi connectivity index (χ3v) is 0. The molecule has 4 nitrogen and oxygen atoms in total. The molecule has 0 saturated heterocycles. The van der Waals surface area contributed by atoms with Crippen molar-refractivity contribution >= 4 is 63.6 Å². The van der Waals surface area contributed by atoms with E-state index in [9.17, 15) is 0 Å². The van der Waals surface area contributed by atoms with E-state index >= 15 is 0 Å². The Morgan fingerprint density at radius 2 is 1.14 bits per heavy atom. The first kappa shape index (κ1) is 16.0. The first-order valence-electron chi connectivity index (χ1n) is 0.783. The molecule has 0 atom stereocenters. The minimum absolute atomic E-state index is 0. The SMILES string of the molecule is O=P(O)(O)O.[BiH3].[NaH]. The summed E-state index contributed by atoms with van der Waals surface area (Å²) in [6, 6.07) is 0. The van der Waals surface area contributed by atoms with Crippen LogP contribution in [0.2, 0.25) is 0 Å². The normalized spacial score (nSPS) is 8.43. The minimum atomic E-state index is -4.64. The second kappa shape index (κ2) is 6.12. The van der Waals surface area contributed by atoms with E-state index in [0.717, 1.165) is 0 Å². The second-order valence-electron chi connectivity index (χ2n) is 0.513. The predicted octanol–water partition coefficient (Wildman–Crippen LogP) is -2.76. The molecule has 0 saturated carbocycles. The summed E-state index contributed by atoms with van der Waals surface area (Å²) < 4.78 is 8.88. The molecule has 0 radical (unpaired) electrons. The molecule has 0 aliphatic carbocycles. The molecule has 0 heterocycles. The Labute approximate surface area is 82.0 Å². The Morgan fingerprint density at radius 1 is 1.14 bits per heavy atom. The second-order valence-corrected chi connectivity index (χ2v) is 1.54. The molecule has 0 unspecified atom stereocenters. The molecule has 3 N–H and O–H groups in total. The monoisotopic (exact) mass is 334 g/mol. The average Bonchev–Trinajstić information content (AvgIpc) is 0.722. The molecule has 0 aromatic carbocycles. The zero-order valence-electron chi connectivity index (χ0n) is 2.90. The van der Waals surface area contributed by atoms with E-state index in [0.29, 0.717) is 0 Å². The zero-order valence-corrected chi connectivity index (χ0v) is 9.30. The molecule has 0 rings (SSSR count). The molecule has 7 heavy (non-hydrogen) atoms. The first-order chi connectivity index (χ1) is 2.00. The Morgan fingerprint density at radius 3 is 1.14 bits per heavy atom. The molecule has 0 aromatic heterocycles. The van der Waals surface area contributed by atoms with Crippen LogP contribution in [0.25, 0.3) is 0 Å². The molecule has 0 aromatic rings. The van der Waals surface area contributed by atoms with Crippen LogP contribution in [0, 0.1) is 0 Å². The van der Waals surface area contributed by atoms with Crippen molar-refractivity contribution in [1.29, 1.82) is 0 Å². The van der Waals surface area contributed by atoms with Crippen molar-refractivity contribution < 1.29 is 19.2 Å². The van der Waals surface area contributed by atoms with Crippen LogP contribution in [0.5, 0.6) is 0 Å². The first-order valence-corrected chi connectivity index (χ1v) is 2.35. The maximum absolute atomic E-state index is 8.88. The number of rotatable bonds is 0. The van der Waals surface area contributed by atoms with E-state index in [1.807, 2.05) is 0 Å². The molecule has 42 valence electrons. The van der Waals surface area contributed by atoms with Crippen LogP contribution in [0.1, 0.15) is 0 Å². The standard InChI is InChI=1S/Bi.Na.H3O4P.4H/c;;1-5(2,3)4;;;;/h;;(H3,1,2,3,4);;;;. The van der Waals surface area contributed by atoms with Gasteiger partial charge in [-0.15, -0.1) is 0 Å². The van der Waals surface area contributed by atoms with Gasteiger partial charge in [-0.05, 0) is 0 Å². The summed E-state index contributed by atoms with van der Waals surface area (Å²) in [5.41, 5.74) is 0. The molecule has 0 bridgehead atoms. The van der Waals surface area contributed by atoms with Crippen molar-refractivity contribution in [3.63, 3.8) is 0 Å². The zero-order chi connectivity index (χ0) is 4.50. The molecule has 0 spiro atoms. The van der Waals surface area contributed by atoms with Gasteiger partial charge in [-0.2, -0.15) is 0 Å². The van der Waals surface area contributed by atoms with Crippen LogP contribution in [0.15, 0.2) is 0 Å². The van der Waals surface area contributed by atoms with Gasteiger partial charge in [-0.3, -0.25) is 0 Å². The van der Waals surface area contributed by atoms with E-state index < -0.39 is 7.82 Å². The van der Waals surface area contributed by atoms with Gasteiger partial charge in [0, 0.05) is 0 Å².